The van der Waals surface area contributed by atoms with E-state index in [2.05, 4.69) is 77.8 Å². The quantitative estimate of drug-likeness (QED) is 0.404. The fourth-order valence-corrected chi connectivity index (χ4v) is 3.66. The van der Waals surface area contributed by atoms with Gasteiger partial charge in [-0.2, -0.15) is 5.10 Å². The molecule has 140 valence electrons. The molecule has 0 saturated heterocycles. The van der Waals surface area contributed by atoms with E-state index >= 15 is 0 Å². The molecule has 0 spiro atoms. The van der Waals surface area contributed by atoms with E-state index in [1.54, 1.807) is 0 Å². The van der Waals surface area contributed by atoms with Crippen LogP contribution in [0.2, 0.25) is 0 Å². The molecule has 28 heavy (non-hydrogen) atoms. The highest BCUT2D eigenvalue weighted by atomic mass is 16.5. The van der Waals surface area contributed by atoms with Gasteiger partial charge in [-0.05, 0) is 65.4 Å². The average molecular weight is 368 g/mol. The van der Waals surface area contributed by atoms with E-state index in [-0.39, 0.29) is 0 Å². The molecule has 0 bridgehead atoms. The molecule has 1 aromatic heterocycles. The molecular weight excluding hydrogens is 344 g/mol. The molecule has 4 aromatic rings. The fraction of sp³-hybridized carbons (Fsp3) is 0.160. The molecule has 0 unspecified atom stereocenters. The molecule has 0 aliphatic carbocycles. The van der Waals surface area contributed by atoms with Crippen LogP contribution in [-0.4, -0.2) is 16.8 Å². The smallest absolute Gasteiger partial charge is 0.119 e. The van der Waals surface area contributed by atoms with Crippen molar-refractivity contribution in [3.05, 3.63) is 95.7 Å². The zero-order chi connectivity index (χ0) is 19.3. The normalized spacial score (nSPS) is 12.1. The van der Waals surface area contributed by atoms with Gasteiger partial charge in [-0.1, -0.05) is 55.5 Å². The molecular formula is C25H24N2O. The lowest BCUT2D eigenvalue weighted by atomic mass is 9.88. The SMILES string of the molecule is CCOc1ccc(/C(=C(/CC)c2ccccc2)c2ccc3[nH]ncc3c2)cc1. The zero-order valence-electron chi connectivity index (χ0n) is 16.3. The van der Waals surface area contributed by atoms with Gasteiger partial charge in [0.1, 0.15) is 5.75 Å². The van der Waals surface area contributed by atoms with Crippen molar-refractivity contribution >= 4 is 22.0 Å². The van der Waals surface area contributed by atoms with E-state index in [1.807, 2.05) is 25.3 Å². The Hall–Kier alpha value is -3.33. The van der Waals surface area contributed by atoms with Crippen molar-refractivity contribution in [2.24, 2.45) is 0 Å². The molecule has 0 fully saturated rings. The van der Waals surface area contributed by atoms with Crippen LogP contribution < -0.4 is 4.74 Å². The highest BCUT2D eigenvalue weighted by Crippen LogP contribution is 2.35. The summed E-state index contributed by atoms with van der Waals surface area (Å²) in [5.41, 5.74) is 7.26. The third-order valence-electron chi connectivity index (χ3n) is 4.96. The predicted octanol–water partition coefficient (Wildman–Crippen LogP) is 6.33. The van der Waals surface area contributed by atoms with Crippen LogP contribution in [0.3, 0.4) is 0 Å². The first-order valence-corrected chi connectivity index (χ1v) is 9.75. The summed E-state index contributed by atoms with van der Waals surface area (Å²) in [5.74, 6) is 0.897. The van der Waals surface area contributed by atoms with Crippen molar-refractivity contribution in [1.29, 1.82) is 0 Å². The predicted molar refractivity (Wildman–Crippen MR) is 116 cm³/mol. The van der Waals surface area contributed by atoms with Crippen molar-refractivity contribution in [3.8, 4) is 5.75 Å². The second-order valence-corrected chi connectivity index (χ2v) is 6.70. The van der Waals surface area contributed by atoms with Crippen LogP contribution >= 0.6 is 0 Å². The van der Waals surface area contributed by atoms with Gasteiger partial charge in [0.2, 0.25) is 0 Å². The third kappa shape index (κ3) is 3.56. The van der Waals surface area contributed by atoms with Gasteiger partial charge in [-0.25, -0.2) is 0 Å². The molecule has 0 saturated carbocycles. The number of benzene rings is 3. The topological polar surface area (TPSA) is 37.9 Å². The van der Waals surface area contributed by atoms with Crippen molar-refractivity contribution in [2.75, 3.05) is 6.61 Å². The monoisotopic (exact) mass is 368 g/mol. The number of nitrogens with zero attached hydrogens (tertiary/aromatic N) is 1. The molecule has 0 aliphatic heterocycles. The van der Waals surface area contributed by atoms with Crippen LogP contribution in [0.5, 0.6) is 5.75 Å². The minimum Gasteiger partial charge on any atom is -0.494 e. The lowest BCUT2D eigenvalue weighted by Crippen LogP contribution is -1.96. The summed E-state index contributed by atoms with van der Waals surface area (Å²) in [5, 5.41) is 8.33. The summed E-state index contributed by atoms with van der Waals surface area (Å²) in [6.45, 7) is 4.89. The largest absolute Gasteiger partial charge is 0.494 e. The molecule has 0 amide bonds. The molecule has 0 atom stereocenters. The van der Waals surface area contributed by atoms with Gasteiger partial charge in [0.15, 0.2) is 0 Å². The lowest BCUT2D eigenvalue weighted by Gasteiger charge is -2.17. The summed E-state index contributed by atoms with van der Waals surface area (Å²) in [7, 11) is 0. The van der Waals surface area contributed by atoms with Gasteiger partial charge in [-0.3, -0.25) is 5.10 Å². The van der Waals surface area contributed by atoms with Crippen LogP contribution in [0.25, 0.3) is 22.0 Å². The van der Waals surface area contributed by atoms with Crippen LogP contribution in [-0.2, 0) is 0 Å². The highest BCUT2D eigenvalue weighted by molar-refractivity contribution is 6.00. The molecule has 3 aromatic carbocycles. The summed E-state index contributed by atoms with van der Waals surface area (Å²) in [6, 6.07) is 25.5. The van der Waals surface area contributed by atoms with Gasteiger partial charge in [0.05, 0.1) is 18.3 Å². The van der Waals surface area contributed by atoms with Crippen molar-refractivity contribution in [2.45, 2.75) is 20.3 Å². The number of H-pyrrole nitrogens is 1. The molecule has 1 heterocycles. The van der Waals surface area contributed by atoms with E-state index in [0.29, 0.717) is 6.61 Å². The maximum atomic E-state index is 5.64. The van der Waals surface area contributed by atoms with Gasteiger partial charge >= 0.3 is 0 Å². The number of fused-ring (bicyclic) bond motifs is 1. The molecule has 1 N–H and O–H groups in total. The number of allylic oxidation sites excluding steroid dienone is 1. The van der Waals surface area contributed by atoms with Crippen molar-refractivity contribution in [1.82, 2.24) is 10.2 Å². The van der Waals surface area contributed by atoms with E-state index in [1.165, 1.54) is 27.8 Å². The van der Waals surface area contributed by atoms with Gasteiger partial charge in [0.25, 0.3) is 0 Å². The van der Waals surface area contributed by atoms with Gasteiger partial charge in [0, 0.05) is 5.39 Å². The summed E-state index contributed by atoms with van der Waals surface area (Å²) in [6.07, 6.45) is 2.82. The molecule has 3 nitrogen and oxygen atoms in total. The van der Waals surface area contributed by atoms with Crippen molar-refractivity contribution < 1.29 is 4.74 Å². The number of hydrogen-bond donors (Lipinski definition) is 1. The highest BCUT2D eigenvalue weighted by Gasteiger charge is 2.14. The Balaban J connectivity index is 1.93. The van der Waals surface area contributed by atoms with Crippen LogP contribution in [0.4, 0.5) is 0 Å². The first-order chi connectivity index (χ1) is 13.8. The Morgan fingerprint density at radius 3 is 2.32 bits per heavy atom. The second kappa shape index (κ2) is 8.13. The maximum absolute atomic E-state index is 5.64. The fourth-order valence-electron chi connectivity index (χ4n) is 3.66. The molecule has 3 heteroatoms. The zero-order valence-corrected chi connectivity index (χ0v) is 16.3. The van der Waals surface area contributed by atoms with Crippen LogP contribution in [0.15, 0.2) is 79.0 Å². The first kappa shape index (κ1) is 18.1. The van der Waals surface area contributed by atoms with Crippen LogP contribution in [0, 0.1) is 0 Å². The number of aromatic nitrogens is 2. The second-order valence-electron chi connectivity index (χ2n) is 6.70. The Morgan fingerprint density at radius 2 is 1.61 bits per heavy atom. The minimum absolute atomic E-state index is 0.670. The summed E-state index contributed by atoms with van der Waals surface area (Å²) in [4.78, 5) is 0. The first-order valence-electron chi connectivity index (χ1n) is 9.75. The Bertz CT molecular complexity index is 1090. The van der Waals surface area contributed by atoms with E-state index in [9.17, 15) is 0 Å². The number of nitrogens with one attached hydrogen (secondary N) is 1. The van der Waals surface area contributed by atoms with E-state index < -0.39 is 0 Å². The van der Waals surface area contributed by atoms with E-state index in [4.69, 9.17) is 4.74 Å². The molecule has 0 aliphatic rings. The third-order valence-corrected chi connectivity index (χ3v) is 4.96. The summed E-state index contributed by atoms with van der Waals surface area (Å²) < 4.78 is 5.64. The number of ether oxygens (including phenoxy) is 1. The van der Waals surface area contributed by atoms with E-state index in [0.717, 1.165) is 23.1 Å². The van der Waals surface area contributed by atoms with Gasteiger partial charge in [-0.15, -0.1) is 0 Å². The molecule has 0 radical (unpaired) electrons. The standard InChI is InChI=1S/C25H24N2O/c1-3-23(18-8-6-5-7-9-18)25(19-10-13-22(14-11-19)28-4-2)20-12-15-24-21(16-20)17-26-27-24/h5-17H,3-4H2,1-2H3,(H,26,27)/b25-23+. The number of rotatable bonds is 6. The Kier molecular flexibility index (Phi) is 5.24. The average Bonchev–Trinajstić information content (AvgIpc) is 3.21. The molecule has 4 rings (SSSR count). The van der Waals surface area contributed by atoms with Gasteiger partial charge < -0.3 is 4.74 Å². The Labute approximate surface area is 165 Å². The summed E-state index contributed by atoms with van der Waals surface area (Å²) >= 11 is 0. The minimum atomic E-state index is 0.670. The van der Waals surface area contributed by atoms with Crippen LogP contribution in [0.1, 0.15) is 37.0 Å². The number of hydrogen-bond acceptors (Lipinski definition) is 2. The van der Waals surface area contributed by atoms with Crippen molar-refractivity contribution in [3.63, 3.8) is 0 Å². The number of aromatic amines is 1. The Morgan fingerprint density at radius 1 is 0.857 bits per heavy atom. The maximum Gasteiger partial charge on any atom is 0.119 e. The lowest BCUT2D eigenvalue weighted by molar-refractivity contribution is 0.340.